The molecule has 6 heteroatoms. The molecular formula is C15H19N5O. The molecule has 1 aromatic heterocycles. The molecule has 0 unspecified atom stereocenters. The van der Waals surface area contributed by atoms with E-state index in [4.69, 9.17) is 5.84 Å². The summed E-state index contributed by atoms with van der Waals surface area (Å²) in [5.74, 6) is 7.52. The Bertz CT molecular complexity index is 600. The molecule has 0 amide bonds. The number of rotatable bonds is 6. The molecule has 0 radical (unpaired) electrons. The van der Waals surface area contributed by atoms with E-state index in [-0.39, 0.29) is 6.61 Å². The van der Waals surface area contributed by atoms with Crippen molar-refractivity contribution in [3.05, 3.63) is 36.4 Å². The molecule has 1 aliphatic carbocycles. The minimum Gasteiger partial charge on any atom is -0.395 e. The molecule has 21 heavy (non-hydrogen) atoms. The molecule has 1 saturated carbocycles. The number of hydrogen-bond acceptors (Lipinski definition) is 6. The van der Waals surface area contributed by atoms with Crippen LogP contribution < -0.4 is 16.2 Å². The van der Waals surface area contributed by atoms with Gasteiger partial charge in [0.2, 0.25) is 0 Å². The van der Waals surface area contributed by atoms with Crippen LogP contribution in [0.15, 0.2) is 36.4 Å². The zero-order valence-electron chi connectivity index (χ0n) is 11.7. The molecule has 1 heterocycles. The molecule has 4 N–H and O–H groups in total. The lowest BCUT2D eigenvalue weighted by Crippen LogP contribution is -2.30. The second kappa shape index (κ2) is 6.07. The van der Waals surface area contributed by atoms with Crippen LogP contribution in [-0.4, -0.2) is 34.3 Å². The fourth-order valence-electron chi connectivity index (χ4n) is 2.35. The molecule has 3 rings (SSSR count). The first-order chi connectivity index (χ1) is 10.3. The van der Waals surface area contributed by atoms with Gasteiger partial charge in [-0.1, -0.05) is 30.3 Å². The maximum atomic E-state index is 9.26. The molecule has 0 atom stereocenters. The molecular weight excluding hydrogens is 266 g/mol. The minimum absolute atomic E-state index is 0.104. The van der Waals surface area contributed by atoms with Gasteiger partial charge in [0.1, 0.15) is 11.6 Å². The summed E-state index contributed by atoms with van der Waals surface area (Å²) in [5, 5.41) is 9.26. The minimum atomic E-state index is 0.104. The first-order valence-corrected chi connectivity index (χ1v) is 7.10. The van der Waals surface area contributed by atoms with Gasteiger partial charge in [0, 0.05) is 24.2 Å². The fourth-order valence-corrected chi connectivity index (χ4v) is 2.35. The number of benzene rings is 1. The molecule has 2 aromatic rings. The zero-order chi connectivity index (χ0) is 14.7. The number of nitrogen functional groups attached to an aromatic ring is 1. The lowest BCUT2D eigenvalue weighted by molar-refractivity contribution is 0.301. The van der Waals surface area contributed by atoms with E-state index in [1.165, 1.54) is 0 Å². The number of hydrazine groups is 1. The number of hydrogen-bond donors (Lipinski definition) is 3. The predicted molar refractivity (Wildman–Crippen MR) is 82.7 cm³/mol. The highest BCUT2D eigenvalue weighted by Gasteiger charge is 2.30. The van der Waals surface area contributed by atoms with E-state index < -0.39 is 0 Å². The zero-order valence-corrected chi connectivity index (χ0v) is 11.7. The van der Waals surface area contributed by atoms with Crippen LogP contribution in [0.1, 0.15) is 12.8 Å². The standard InChI is InChI=1S/C15H19N5O/c16-19-13-10-14(20(8-9-21)12-6-7-12)18-15(17-13)11-4-2-1-3-5-11/h1-5,10,12,21H,6-9,16H2,(H,17,18,19). The van der Waals surface area contributed by atoms with Gasteiger partial charge in [-0.05, 0) is 12.8 Å². The van der Waals surface area contributed by atoms with E-state index in [9.17, 15) is 5.11 Å². The molecule has 110 valence electrons. The maximum Gasteiger partial charge on any atom is 0.163 e. The van der Waals surface area contributed by atoms with Crippen molar-refractivity contribution >= 4 is 11.6 Å². The third-order valence-electron chi connectivity index (χ3n) is 3.52. The van der Waals surface area contributed by atoms with Gasteiger partial charge < -0.3 is 15.4 Å². The third-order valence-corrected chi connectivity index (χ3v) is 3.52. The van der Waals surface area contributed by atoms with Crippen LogP contribution in [0.4, 0.5) is 11.6 Å². The molecule has 1 fully saturated rings. The number of nitrogens with zero attached hydrogens (tertiary/aromatic N) is 3. The Morgan fingerprint density at radius 1 is 1.24 bits per heavy atom. The highest BCUT2D eigenvalue weighted by atomic mass is 16.3. The molecule has 0 bridgehead atoms. The van der Waals surface area contributed by atoms with Crippen LogP contribution in [0.5, 0.6) is 0 Å². The Morgan fingerprint density at radius 3 is 2.62 bits per heavy atom. The van der Waals surface area contributed by atoms with Gasteiger partial charge in [0.25, 0.3) is 0 Å². The number of nitrogens with two attached hydrogens (primary N) is 1. The van der Waals surface area contributed by atoms with Crippen LogP contribution in [0.3, 0.4) is 0 Å². The summed E-state index contributed by atoms with van der Waals surface area (Å²) in [6.45, 7) is 0.673. The van der Waals surface area contributed by atoms with E-state index in [1.807, 2.05) is 36.4 Å². The first-order valence-electron chi connectivity index (χ1n) is 7.10. The SMILES string of the molecule is NNc1cc(N(CCO)C2CC2)nc(-c2ccccc2)n1. The van der Waals surface area contributed by atoms with Crippen LogP contribution in [0.25, 0.3) is 11.4 Å². The van der Waals surface area contributed by atoms with Crippen molar-refractivity contribution in [1.29, 1.82) is 0 Å². The Kier molecular flexibility index (Phi) is 3.98. The number of nitrogens with one attached hydrogen (secondary N) is 1. The lowest BCUT2D eigenvalue weighted by atomic mass is 10.2. The predicted octanol–water partition coefficient (Wildman–Crippen LogP) is 1.39. The maximum absolute atomic E-state index is 9.26. The third kappa shape index (κ3) is 3.12. The molecule has 0 saturated heterocycles. The lowest BCUT2D eigenvalue weighted by Gasteiger charge is -2.23. The first kappa shape index (κ1) is 13.8. The van der Waals surface area contributed by atoms with E-state index in [0.29, 0.717) is 24.2 Å². The van der Waals surface area contributed by atoms with E-state index in [0.717, 1.165) is 24.2 Å². The van der Waals surface area contributed by atoms with E-state index >= 15 is 0 Å². The van der Waals surface area contributed by atoms with Gasteiger partial charge in [-0.25, -0.2) is 15.8 Å². The van der Waals surface area contributed by atoms with Crippen molar-refractivity contribution < 1.29 is 5.11 Å². The van der Waals surface area contributed by atoms with Crippen molar-refractivity contribution in [2.75, 3.05) is 23.5 Å². The van der Waals surface area contributed by atoms with Crippen molar-refractivity contribution in [3.8, 4) is 11.4 Å². The summed E-state index contributed by atoms with van der Waals surface area (Å²) in [7, 11) is 0. The monoisotopic (exact) mass is 285 g/mol. The summed E-state index contributed by atoms with van der Waals surface area (Å²) in [6, 6.07) is 12.1. The van der Waals surface area contributed by atoms with Gasteiger partial charge in [-0.2, -0.15) is 0 Å². The van der Waals surface area contributed by atoms with E-state index in [2.05, 4.69) is 20.3 Å². The highest BCUT2D eigenvalue weighted by Crippen LogP contribution is 2.32. The molecule has 1 aromatic carbocycles. The Labute approximate surface area is 123 Å². The van der Waals surface area contributed by atoms with Crippen molar-refractivity contribution in [2.24, 2.45) is 5.84 Å². The van der Waals surface area contributed by atoms with Crippen molar-refractivity contribution in [1.82, 2.24) is 9.97 Å². The van der Waals surface area contributed by atoms with Gasteiger partial charge in [0.15, 0.2) is 5.82 Å². The average Bonchev–Trinajstić information content (AvgIpc) is 3.37. The Hall–Kier alpha value is -2.18. The Balaban J connectivity index is 2.00. The topological polar surface area (TPSA) is 87.3 Å². The highest BCUT2D eigenvalue weighted by molar-refractivity contribution is 5.62. The summed E-state index contributed by atoms with van der Waals surface area (Å²) < 4.78 is 0. The smallest absolute Gasteiger partial charge is 0.163 e. The second-order valence-corrected chi connectivity index (χ2v) is 5.09. The normalized spacial score (nSPS) is 14.0. The summed E-state index contributed by atoms with van der Waals surface area (Å²) in [4.78, 5) is 11.2. The number of aromatic nitrogens is 2. The number of aliphatic hydroxyl groups excluding tert-OH is 1. The summed E-state index contributed by atoms with van der Waals surface area (Å²) in [5.41, 5.74) is 3.53. The van der Waals surface area contributed by atoms with Crippen LogP contribution >= 0.6 is 0 Å². The second-order valence-electron chi connectivity index (χ2n) is 5.09. The number of aliphatic hydroxyl groups is 1. The quantitative estimate of drug-likeness (QED) is 0.549. The molecule has 0 aliphatic heterocycles. The summed E-state index contributed by atoms with van der Waals surface area (Å²) in [6.07, 6.45) is 2.27. The van der Waals surface area contributed by atoms with Crippen LogP contribution in [-0.2, 0) is 0 Å². The van der Waals surface area contributed by atoms with Gasteiger partial charge >= 0.3 is 0 Å². The van der Waals surface area contributed by atoms with Crippen molar-refractivity contribution in [2.45, 2.75) is 18.9 Å². The molecule has 0 spiro atoms. The van der Waals surface area contributed by atoms with Gasteiger partial charge in [0.05, 0.1) is 6.61 Å². The van der Waals surface area contributed by atoms with Gasteiger partial charge in [-0.3, -0.25) is 0 Å². The number of anilines is 2. The van der Waals surface area contributed by atoms with E-state index in [1.54, 1.807) is 0 Å². The average molecular weight is 285 g/mol. The largest absolute Gasteiger partial charge is 0.395 e. The fraction of sp³-hybridized carbons (Fsp3) is 0.333. The molecule has 1 aliphatic rings. The van der Waals surface area contributed by atoms with Crippen LogP contribution in [0.2, 0.25) is 0 Å². The van der Waals surface area contributed by atoms with Crippen molar-refractivity contribution in [3.63, 3.8) is 0 Å². The Morgan fingerprint density at radius 2 is 2.00 bits per heavy atom. The van der Waals surface area contributed by atoms with Crippen LogP contribution in [0, 0.1) is 0 Å². The molecule has 6 nitrogen and oxygen atoms in total. The summed E-state index contributed by atoms with van der Waals surface area (Å²) >= 11 is 0. The van der Waals surface area contributed by atoms with Gasteiger partial charge in [-0.15, -0.1) is 0 Å².